The second-order valence-electron chi connectivity index (χ2n) is 11.6. The van der Waals surface area contributed by atoms with Gasteiger partial charge in [-0.1, -0.05) is 60.1 Å². The highest BCUT2D eigenvalue weighted by molar-refractivity contribution is 14.1. The summed E-state index contributed by atoms with van der Waals surface area (Å²) in [6.45, 7) is 6.20. The average Bonchev–Trinajstić information content (AvgIpc) is 3.54. The number of alkyl halides is 1. The number of hydrogen-bond donors (Lipinski definition) is 2. The van der Waals surface area contributed by atoms with Crippen molar-refractivity contribution in [2.75, 3.05) is 6.54 Å². The number of ether oxygens (including phenoxy) is 1. The molecule has 1 saturated heterocycles. The van der Waals surface area contributed by atoms with Crippen LogP contribution in [-0.2, 0) is 9.53 Å². The number of hydrogen-bond acceptors (Lipinski definition) is 4. The van der Waals surface area contributed by atoms with E-state index < -0.39 is 17.7 Å². The number of aromatic nitrogens is 2. The Balaban J connectivity index is 1.43. The largest absolute Gasteiger partial charge is 0.444 e. The van der Waals surface area contributed by atoms with Crippen molar-refractivity contribution in [2.24, 2.45) is 0 Å². The Hall–Kier alpha value is -2.62. The lowest BCUT2D eigenvalue weighted by atomic mass is 9.83. The number of nitrogens with one attached hydrogen (secondary N) is 2. The lowest BCUT2D eigenvalue weighted by molar-refractivity contribution is -0.135. The predicted molar refractivity (Wildman–Crippen MR) is 158 cm³/mol. The summed E-state index contributed by atoms with van der Waals surface area (Å²) in [6, 6.07) is 11.6. The molecule has 5 rings (SSSR count). The molecule has 3 aromatic rings. The van der Waals surface area contributed by atoms with E-state index in [1.807, 2.05) is 56.3 Å². The van der Waals surface area contributed by atoms with Gasteiger partial charge in [0.1, 0.15) is 11.6 Å². The minimum absolute atomic E-state index is 0.0138. The van der Waals surface area contributed by atoms with Crippen LogP contribution < -0.4 is 5.32 Å². The van der Waals surface area contributed by atoms with E-state index in [4.69, 9.17) is 4.74 Å². The van der Waals surface area contributed by atoms with Gasteiger partial charge in [0, 0.05) is 35.4 Å². The van der Waals surface area contributed by atoms with Gasteiger partial charge >= 0.3 is 6.09 Å². The summed E-state index contributed by atoms with van der Waals surface area (Å²) in [6.07, 6.45) is 10.2. The number of carbonyl (C=O) groups excluding carboxylic acids is 2. The third-order valence-corrected chi connectivity index (χ3v) is 9.38. The van der Waals surface area contributed by atoms with Crippen molar-refractivity contribution < 1.29 is 14.3 Å². The zero-order valence-corrected chi connectivity index (χ0v) is 24.6. The Kier molecular flexibility index (Phi) is 7.71. The second kappa shape index (κ2) is 10.9. The van der Waals surface area contributed by atoms with Crippen LogP contribution in [0.4, 0.5) is 4.79 Å². The number of halogens is 1. The van der Waals surface area contributed by atoms with Crippen LogP contribution in [0, 0.1) is 0 Å². The lowest BCUT2D eigenvalue weighted by Gasteiger charge is -2.41. The maximum atomic E-state index is 14.3. The molecule has 1 aromatic carbocycles. The van der Waals surface area contributed by atoms with Gasteiger partial charge in [0.25, 0.3) is 0 Å². The van der Waals surface area contributed by atoms with Gasteiger partial charge in [0.2, 0.25) is 5.91 Å². The van der Waals surface area contributed by atoms with E-state index >= 15 is 0 Å². The molecule has 1 unspecified atom stereocenters. The first-order valence-electron chi connectivity index (χ1n) is 13.7. The maximum Gasteiger partial charge on any atom is 0.408 e. The molecule has 3 heterocycles. The molecule has 8 heteroatoms. The van der Waals surface area contributed by atoms with Gasteiger partial charge in [0.15, 0.2) is 0 Å². The van der Waals surface area contributed by atoms with Crippen LogP contribution in [0.25, 0.3) is 22.2 Å². The minimum atomic E-state index is -0.631. The molecule has 2 fully saturated rings. The Morgan fingerprint density at radius 3 is 2.68 bits per heavy atom. The standard InChI is InChI=1S/C30H37IN4O3/c1-29(2,3)38-28(37)34-26(30(31)14-7-4-8-15-30)27(36)35-17-9-12-25(35)20-13-16-32-24(18-20)22-19-33-23-11-6-5-10-21(22)23/h5-6,10-11,13,16,18-19,25-26,33H,4,7-9,12,14-15,17H2,1-3H3,(H,34,37)/t25?,26-/m0/s1. The Morgan fingerprint density at radius 1 is 1.16 bits per heavy atom. The molecule has 0 spiro atoms. The molecular formula is C30H37IN4O3. The van der Waals surface area contributed by atoms with E-state index in [1.165, 1.54) is 0 Å². The molecule has 2 aromatic heterocycles. The van der Waals surface area contributed by atoms with Gasteiger partial charge < -0.3 is 19.9 Å². The zero-order chi connectivity index (χ0) is 26.9. The number of likely N-dealkylation sites (tertiary alicyclic amines) is 1. The highest BCUT2D eigenvalue weighted by Gasteiger charge is 2.46. The molecule has 2 atom stereocenters. The van der Waals surface area contributed by atoms with E-state index in [2.05, 4.69) is 56.1 Å². The minimum Gasteiger partial charge on any atom is -0.444 e. The number of alkyl carbamates (subject to hydrolysis) is 1. The van der Waals surface area contributed by atoms with E-state index in [-0.39, 0.29) is 15.4 Å². The van der Waals surface area contributed by atoms with Crippen molar-refractivity contribution in [3.05, 3.63) is 54.4 Å². The van der Waals surface area contributed by atoms with Gasteiger partial charge in [0.05, 0.1) is 15.2 Å². The molecule has 2 N–H and O–H groups in total. The summed E-state index contributed by atoms with van der Waals surface area (Å²) in [4.78, 5) is 37.1. The summed E-state index contributed by atoms with van der Waals surface area (Å²) in [7, 11) is 0. The van der Waals surface area contributed by atoms with Crippen molar-refractivity contribution in [3.8, 4) is 11.3 Å². The van der Waals surface area contributed by atoms with Crippen molar-refractivity contribution in [3.63, 3.8) is 0 Å². The molecule has 202 valence electrons. The van der Waals surface area contributed by atoms with E-state index in [0.29, 0.717) is 6.54 Å². The number of carbonyl (C=O) groups is 2. The van der Waals surface area contributed by atoms with Gasteiger partial charge in [-0.2, -0.15) is 0 Å². The number of fused-ring (bicyclic) bond motifs is 1. The Bertz CT molecular complexity index is 1310. The third kappa shape index (κ3) is 5.70. The second-order valence-corrected chi connectivity index (χ2v) is 13.7. The maximum absolute atomic E-state index is 14.3. The molecule has 0 radical (unpaired) electrons. The smallest absolute Gasteiger partial charge is 0.408 e. The van der Waals surface area contributed by atoms with Crippen LogP contribution >= 0.6 is 22.6 Å². The van der Waals surface area contributed by atoms with Crippen LogP contribution in [0.5, 0.6) is 0 Å². The molecule has 2 amide bonds. The number of H-pyrrole nitrogens is 1. The third-order valence-electron chi connectivity index (χ3n) is 7.68. The van der Waals surface area contributed by atoms with Gasteiger partial charge in [-0.25, -0.2) is 4.79 Å². The van der Waals surface area contributed by atoms with Crippen LogP contribution in [-0.4, -0.2) is 48.5 Å². The van der Waals surface area contributed by atoms with Gasteiger partial charge in [-0.3, -0.25) is 9.78 Å². The fourth-order valence-corrected chi connectivity index (χ4v) is 7.08. The first-order chi connectivity index (χ1) is 18.1. The fraction of sp³-hybridized carbons (Fsp3) is 0.500. The van der Waals surface area contributed by atoms with E-state index in [0.717, 1.165) is 72.7 Å². The molecular weight excluding hydrogens is 591 g/mol. The number of amides is 2. The number of para-hydroxylation sites is 1. The van der Waals surface area contributed by atoms with Crippen molar-refractivity contribution >= 4 is 45.5 Å². The van der Waals surface area contributed by atoms with Crippen LogP contribution in [0.2, 0.25) is 0 Å². The van der Waals surface area contributed by atoms with E-state index in [1.54, 1.807) is 0 Å². The van der Waals surface area contributed by atoms with Crippen molar-refractivity contribution in [1.82, 2.24) is 20.2 Å². The summed E-state index contributed by atoms with van der Waals surface area (Å²) >= 11 is 2.44. The number of rotatable bonds is 5. The first kappa shape index (κ1) is 27.0. The number of aromatic amines is 1. The van der Waals surface area contributed by atoms with Crippen molar-refractivity contribution in [2.45, 2.75) is 86.8 Å². The van der Waals surface area contributed by atoms with Crippen molar-refractivity contribution in [1.29, 1.82) is 0 Å². The summed E-state index contributed by atoms with van der Waals surface area (Å²) in [5, 5.41) is 4.14. The Morgan fingerprint density at radius 2 is 1.92 bits per heavy atom. The average molecular weight is 629 g/mol. The fourth-order valence-electron chi connectivity index (χ4n) is 5.89. The number of pyridine rings is 1. The summed E-state index contributed by atoms with van der Waals surface area (Å²) in [5.74, 6) is -0.0138. The monoisotopic (exact) mass is 628 g/mol. The quantitative estimate of drug-likeness (QED) is 0.237. The summed E-state index contributed by atoms with van der Waals surface area (Å²) in [5.41, 5.74) is 3.46. The topological polar surface area (TPSA) is 87.3 Å². The highest BCUT2D eigenvalue weighted by atomic mass is 127. The SMILES string of the molecule is CC(C)(C)OC(=O)N[C@@H](C(=O)N1CCCC1c1ccnc(-c2c[nH]c3ccccc23)c1)C1(I)CCCCC1. The van der Waals surface area contributed by atoms with E-state index in [9.17, 15) is 9.59 Å². The molecule has 2 aliphatic rings. The predicted octanol–water partition coefficient (Wildman–Crippen LogP) is 6.92. The first-order valence-corrected chi connectivity index (χ1v) is 14.7. The molecule has 1 aliphatic carbocycles. The summed E-state index contributed by atoms with van der Waals surface area (Å²) < 4.78 is 5.26. The molecule has 1 aliphatic heterocycles. The zero-order valence-electron chi connectivity index (χ0n) is 22.4. The number of nitrogens with zero attached hydrogens (tertiary/aromatic N) is 2. The van der Waals surface area contributed by atoms with Crippen LogP contribution in [0.15, 0.2) is 48.8 Å². The number of benzene rings is 1. The molecule has 0 bridgehead atoms. The normalized spacial score (nSPS) is 20.3. The van der Waals surface area contributed by atoms with Gasteiger partial charge in [-0.15, -0.1) is 0 Å². The lowest BCUT2D eigenvalue weighted by Crippen LogP contribution is -2.59. The van der Waals surface area contributed by atoms with Gasteiger partial charge in [-0.05, 0) is 70.2 Å². The molecule has 38 heavy (non-hydrogen) atoms. The van der Waals surface area contributed by atoms with Crippen LogP contribution in [0.3, 0.4) is 0 Å². The Labute approximate surface area is 238 Å². The van der Waals surface area contributed by atoms with Crippen LogP contribution in [0.1, 0.15) is 77.3 Å². The molecule has 7 nitrogen and oxygen atoms in total. The molecule has 1 saturated carbocycles. The highest BCUT2D eigenvalue weighted by Crippen LogP contribution is 2.42.